The summed E-state index contributed by atoms with van der Waals surface area (Å²) in [6.07, 6.45) is 2.29. The molecule has 3 nitrogen and oxygen atoms in total. The van der Waals surface area contributed by atoms with Crippen molar-refractivity contribution in [1.82, 2.24) is 10.2 Å². The fraction of sp³-hybridized carbons (Fsp3) is 0.667. The molecule has 0 saturated heterocycles. The number of hydrogen-bond donors (Lipinski definition) is 1. The van der Waals surface area contributed by atoms with Crippen molar-refractivity contribution in [3.8, 4) is 5.75 Å². The van der Waals surface area contributed by atoms with E-state index in [1.807, 2.05) is 0 Å². The maximum atomic E-state index is 5.68. The third-order valence-corrected chi connectivity index (χ3v) is 3.37. The van der Waals surface area contributed by atoms with Crippen LogP contribution in [0.25, 0.3) is 0 Å². The molecule has 0 bridgehead atoms. The first kappa shape index (κ1) is 18.0. The van der Waals surface area contributed by atoms with Crippen LogP contribution < -0.4 is 10.1 Å². The topological polar surface area (TPSA) is 24.5 Å². The molecule has 0 aliphatic carbocycles. The van der Waals surface area contributed by atoms with Crippen LogP contribution in [0.15, 0.2) is 24.3 Å². The lowest BCUT2D eigenvalue weighted by Gasteiger charge is -2.18. The van der Waals surface area contributed by atoms with E-state index in [1.54, 1.807) is 0 Å². The second kappa shape index (κ2) is 10.6. The van der Waals surface area contributed by atoms with Gasteiger partial charge in [0.05, 0.1) is 6.61 Å². The molecule has 0 aliphatic heterocycles. The lowest BCUT2D eigenvalue weighted by Crippen LogP contribution is -2.30. The van der Waals surface area contributed by atoms with Crippen LogP contribution >= 0.6 is 0 Å². The highest BCUT2D eigenvalue weighted by Crippen LogP contribution is 2.13. The van der Waals surface area contributed by atoms with Gasteiger partial charge < -0.3 is 15.0 Å². The average Bonchev–Trinajstić information content (AvgIpc) is 2.45. The molecule has 1 aromatic rings. The number of unbranched alkanes of at least 4 members (excludes halogenated alkanes) is 1. The quantitative estimate of drug-likeness (QED) is 0.631. The first-order valence-electron chi connectivity index (χ1n) is 8.22. The minimum atomic E-state index is 0.718. The maximum absolute atomic E-state index is 5.68. The van der Waals surface area contributed by atoms with E-state index in [2.05, 4.69) is 62.3 Å². The number of rotatable bonds is 11. The van der Waals surface area contributed by atoms with Gasteiger partial charge in [-0.15, -0.1) is 0 Å². The number of nitrogens with one attached hydrogen (secondary N) is 1. The van der Waals surface area contributed by atoms with Gasteiger partial charge in [-0.25, -0.2) is 0 Å². The van der Waals surface area contributed by atoms with Gasteiger partial charge in [-0.05, 0) is 43.6 Å². The summed E-state index contributed by atoms with van der Waals surface area (Å²) < 4.78 is 5.68. The monoisotopic (exact) mass is 292 g/mol. The summed E-state index contributed by atoms with van der Waals surface area (Å²) >= 11 is 0. The standard InChI is InChI=1S/C18H32N2O/c1-5-6-13-21-18-9-7-17(8-10-18)15-20(4)12-11-19-14-16(2)3/h7-10,16,19H,5-6,11-15H2,1-4H3. The maximum Gasteiger partial charge on any atom is 0.119 e. The highest BCUT2D eigenvalue weighted by atomic mass is 16.5. The number of hydrogen-bond acceptors (Lipinski definition) is 3. The predicted molar refractivity (Wildman–Crippen MR) is 90.9 cm³/mol. The van der Waals surface area contributed by atoms with Crippen LogP contribution in [0, 0.1) is 5.92 Å². The molecular formula is C18H32N2O. The van der Waals surface area contributed by atoms with Gasteiger partial charge in [0.25, 0.3) is 0 Å². The van der Waals surface area contributed by atoms with Gasteiger partial charge in [0, 0.05) is 19.6 Å². The van der Waals surface area contributed by atoms with Crippen LogP contribution in [0.3, 0.4) is 0 Å². The minimum absolute atomic E-state index is 0.718. The second-order valence-electron chi connectivity index (χ2n) is 6.18. The fourth-order valence-corrected chi connectivity index (χ4v) is 2.08. The molecule has 0 fully saturated rings. The van der Waals surface area contributed by atoms with Crippen molar-refractivity contribution in [3.63, 3.8) is 0 Å². The molecule has 1 N–H and O–H groups in total. The average molecular weight is 292 g/mol. The molecule has 1 rings (SSSR count). The van der Waals surface area contributed by atoms with Crippen molar-refractivity contribution in [2.24, 2.45) is 5.92 Å². The van der Waals surface area contributed by atoms with E-state index in [4.69, 9.17) is 4.74 Å². The van der Waals surface area contributed by atoms with E-state index in [0.717, 1.165) is 50.9 Å². The van der Waals surface area contributed by atoms with Crippen LogP contribution in [-0.2, 0) is 6.54 Å². The van der Waals surface area contributed by atoms with Gasteiger partial charge in [0.15, 0.2) is 0 Å². The van der Waals surface area contributed by atoms with Crippen LogP contribution in [-0.4, -0.2) is 38.2 Å². The van der Waals surface area contributed by atoms with Gasteiger partial charge in [-0.1, -0.05) is 39.3 Å². The summed E-state index contributed by atoms with van der Waals surface area (Å²) in [4.78, 5) is 2.35. The van der Waals surface area contributed by atoms with E-state index in [1.165, 1.54) is 12.0 Å². The Labute approximate surface area is 130 Å². The molecular weight excluding hydrogens is 260 g/mol. The van der Waals surface area contributed by atoms with Gasteiger partial charge in [0.1, 0.15) is 5.75 Å². The fourth-order valence-electron chi connectivity index (χ4n) is 2.08. The van der Waals surface area contributed by atoms with Crippen molar-refractivity contribution in [2.75, 3.05) is 33.3 Å². The van der Waals surface area contributed by atoms with Crippen molar-refractivity contribution in [1.29, 1.82) is 0 Å². The smallest absolute Gasteiger partial charge is 0.119 e. The molecule has 21 heavy (non-hydrogen) atoms. The molecule has 3 heteroatoms. The molecule has 0 saturated carbocycles. The SMILES string of the molecule is CCCCOc1ccc(CN(C)CCNCC(C)C)cc1. The molecule has 0 aliphatic rings. The third kappa shape index (κ3) is 8.74. The molecule has 0 spiro atoms. The Morgan fingerprint density at radius 2 is 1.90 bits per heavy atom. The van der Waals surface area contributed by atoms with Gasteiger partial charge >= 0.3 is 0 Å². The Balaban J connectivity index is 2.24. The normalized spacial score (nSPS) is 11.3. The van der Waals surface area contributed by atoms with Crippen LogP contribution in [0.1, 0.15) is 39.2 Å². The van der Waals surface area contributed by atoms with Gasteiger partial charge in [-0.2, -0.15) is 0 Å². The highest BCUT2D eigenvalue weighted by molar-refractivity contribution is 5.27. The number of benzene rings is 1. The van der Waals surface area contributed by atoms with Gasteiger partial charge in [0.2, 0.25) is 0 Å². The predicted octanol–water partition coefficient (Wildman–Crippen LogP) is 3.54. The summed E-state index contributed by atoms with van der Waals surface area (Å²) in [6.45, 7) is 11.7. The first-order chi connectivity index (χ1) is 10.1. The van der Waals surface area contributed by atoms with E-state index in [-0.39, 0.29) is 0 Å². The van der Waals surface area contributed by atoms with Crippen molar-refractivity contribution in [2.45, 2.75) is 40.2 Å². The van der Waals surface area contributed by atoms with Crippen molar-refractivity contribution >= 4 is 0 Å². The van der Waals surface area contributed by atoms with Crippen LogP contribution in [0.5, 0.6) is 5.75 Å². The van der Waals surface area contributed by atoms with E-state index in [0.29, 0.717) is 0 Å². The summed E-state index contributed by atoms with van der Waals surface area (Å²) in [5.74, 6) is 1.70. The summed E-state index contributed by atoms with van der Waals surface area (Å²) in [6, 6.07) is 8.49. The summed E-state index contributed by atoms with van der Waals surface area (Å²) in [5, 5.41) is 3.48. The highest BCUT2D eigenvalue weighted by Gasteiger charge is 2.01. The number of likely N-dealkylation sites (N-methyl/N-ethyl adjacent to an activating group) is 1. The first-order valence-corrected chi connectivity index (χ1v) is 8.22. The Kier molecular flexibility index (Phi) is 9.11. The molecule has 0 aromatic heterocycles. The Morgan fingerprint density at radius 3 is 2.52 bits per heavy atom. The zero-order valence-electron chi connectivity index (χ0n) is 14.2. The Morgan fingerprint density at radius 1 is 1.19 bits per heavy atom. The van der Waals surface area contributed by atoms with Crippen LogP contribution in [0.2, 0.25) is 0 Å². The lowest BCUT2D eigenvalue weighted by atomic mass is 10.2. The second-order valence-corrected chi connectivity index (χ2v) is 6.18. The largest absolute Gasteiger partial charge is 0.494 e. The molecule has 120 valence electrons. The minimum Gasteiger partial charge on any atom is -0.494 e. The van der Waals surface area contributed by atoms with E-state index >= 15 is 0 Å². The molecule has 0 amide bonds. The van der Waals surface area contributed by atoms with Gasteiger partial charge in [-0.3, -0.25) is 0 Å². The zero-order chi connectivity index (χ0) is 15.5. The Bertz CT molecular complexity index is 362. The van der Waals surface area contributed by atoms with Crippen molar-refractivity contribution < 1.29 is 4.74 Å². The lowest BCUT2D eigenvalue weighted by molar-refractivity contribution is 0.308. The molecule has 0 unspecified atom stereocenters. The van der Waals surface area contributed by atoms with Crippen LogP contribution in [0.4, 0.5) is 0 Å². The zero-order valence-corrected chi connectivity index (χ0v) is 14.2. The van der Waals surface area contributed by atoms with E-state index in [9.17, 15) is 0 Å². The van der Waals surface area contributed by atoms with E-state index < -0.39 is 0 Å². The molecule has 0 heterocycles. The molecule has 0 radical (unpaired) electrons. The summed E-state index contributed by atoms with van der Waals surface area (Å²) in [7, 11) is 2.17. The molecule has 1 aromatic carbocycles. The Hall–Kier alpha value is -1.06. The number of nitrogens with zero attached hydrogens (tertiary/aromatic N) is 1. The third-order valence-electron chi connectivity index (χ3n) is 3.37. The van der Waals surface area contributed by atoms with Crippen molar-refractivity contribution in [3.05, 3.63) is 29.8 Å². The summed E-state index contributed by atoms with van der Waals surface area (Å²) in [5.41, 5.74) is 1.34. The molecule has 0 atom stereocenters. The number of ether oxygens (including phenoxy) is 1.